The Bertz CT molecular complexity index is 628. The molecule has 2 aromatic rings. The minimum absolute atomic E-state index is 0.00303. The van der Waals surface area contributed by atoms with E-state index in [1.54, 1.807) is 11.1 Å². The van der Waals surface area contributed by atoms with Gasteiger partial charge in [0.05, 0.1) is 6.54 Å². The average molecular weight is 297 g/mol. The number of hydrogen-bond donors (Lipinski definition) is 1. The summed E-state index contributed by atoms with van der Waals surface area (Å²) in [5.41, 5.74) is 1.90. The van der Waals surface area contributed by atoms with E-state index >= 15 is 0 Å². The maximum Gasteiger partial charge on any atom is 0.321 e. The van der Waals surface area contributed by atoms with E-state index < -0.39 is 0 Å². The van der Waals surface area contributed by atoms with Crippen molar-refractivity contribution in [3.8, 4) is 5.88 Å². The van der Waals surface area contributed by atoms with Gasteiger partial charge in [-0.05, 0) is 24.6 Å². The number of likely N-dealkylation sites (tertiary alicyclic amines) is 1. The van der Waals surface area contributed by atoms with E-state index in [0.29, 0.717) is 19.0 Å². The molecule has 0 aliphatic carbocycles. The van der Waals surface area contributed by atoms with Gasteiger partial charge < -0.3 is 15.0 Å². The molecule has 0 spiro atoms. The molecule has 5 heteroatoms. The standard InChI is InChI=1S/C17H19N3O2/c1-13-7-8-16(18-11-13)22-15-9-10-20(12-15)17(21)19-14-5-3-2-4-6-14/h2-8,11,15H,9-10,12H2,1H3,(H,19,21). The van der Waals surface area contributed by atoms with Gasteiger partial charge in [-0.3, -0.25) is 0 Å². The predicted octanol–water partition coefficient (Wildman–Crippen LogP) is 3.08. The van der Waals surface area contributed by atoms with Gasteiger partial charge in [-0.1, -0.05) is 24.3 Å². The Morgan fingerprint density at radius 1 is 1.27 bits per heavy atom. The molecule has 1 unspecified atom stereocenters. The molecule has 2 heterocycles. The van der Waals surface area contributed by atoms with Crippen molar-refractivity contribution in [2.24, 2.45) is 0 Å². The number of aryl methyl sites for hydroxylation is 1. The molecule has 3 rings (SSSR count). The second-order valence-electron chi connectivity index (χ2n) is 5.44. The SMILES string of the molecule is Cc1ccc(OC2CCN(C(=O)Nc3ccccc3)C2)nc1. The Morgan fingerprint density at radius 3 is 2.82 bits per heavy atom. The predicted molar refractivity (Wildman–Crippen MR) is 85.0 cm³/mol. The van der Waals surface area contributed by atoms with Crippen molar-refractivity contribution in [1.29, 1.82) is 0 Å². The number of pyridine rings is 1. The van der Waals surface area contributed by atoms with Crippen LogP contribution < -0.4 is 10.1 Å². The lowest BCUT2D eigenvalue weighted by atomic mass is 10.3. The molecular formula is C17H19N3O2. The van der Waals surface area contributed by atoms with Crippen molar-refractivity contribution in [1.82, 2.24) is 9.88 Å². The molecule has 0 radical (unpaired) electrons. The van der Waals surface area contributed by atoms with Crippen molar-refractivity contribution in [2.75, 3.05) is 18.4 Å². The lowest BCUT2D eigenvalue weighted by molar-refractivity contribution is 0.190. The molecule has 1 saturated heterocycles. The number of amides is 2. The number of para-hydroxylation sites is 1. The summed E-state index contributed by atoms with van der Waals surface area (Å²) < 4.78 is 5.83. The van der Waals surface area contributed by atoms with Gasteiger partial charge in [-0.2, -0.15) is 0 Å². The third kappa shape index (κ3) is 3.55. The zero-order valence-corrected chi connectivity index (χ0v) is 12.5. The Kier molecular flexibility index (Phi) is 4.23. The van der Waals surface area contributed by atoms with Crippen LogP contribution in [0.4, 0.5) is 10.5 Å². The molecule has 1 N–H and O–H groups in total. The molecule has 0 saturated carbocycles. The summed E-state index contributed by atoms with van der Waals surface area (Å²) in [5.74, 6) is 0.612. The second kappa shape index (κ2) is 6.47. The third-order valence-corrected chi connectivity index (χ3v) is 3.63. The molecule has 1 aliphatic heterocycles. The van der Waals surface area contributed by atoms with Gasteiger partial charge in [0, 0.05) is 30.9 Å². The van der Waals surface area contributed by atoms with E-state index in [2.05, 4.69) is 10.3 Å². The van der Waals surface area contributed by atoms with Gasteiger partial charge in [0.1, 0.15) is 6.10 Å². The van der Waals surface area contributed by atoms with Crippen molar-refractivity contribution < 1.29 is 9.53 Å². The number of aromatic nitrogens is 1. The fraction of sp³-hybridized carbons (Fsp3) is 0.294. The second-order valence-corrected chi connectivity index (χ2v) is 5.44. The molecule has 2 amide bonds. The largest absolute Gasteiger partial charge is 0.472 e. The highest BCUT2D eigenvalue weighted by Crippen LogP contribution is 2.18. The normalized spacial score (nSPS) is 17.3. The fourth-order valence-corrected chi connectivity index (χ4v) is 2.43. The highest BCUT2D eigenvalue weighted by molar-refractivity contribution is 5.89. The molecule has 22 heavy (non-hydrogen) atoms. The van der Waals surface area contributed by atoms with Crippen LogP contribution in [-0.4, -0.2) is 35.1 Å². The number of ether oxygens (including phenoxy) is 1. The minimum Gasteiger partial charge on any atom is -0.472 e. The van der Waals surface area contributed by atoms with E-state index in [9.17, 15) is 4.79 Å². The van der Waals surface area contributed by atoms with Crippen molar-refractivity contribution in [3.05, 3.63) is 54.2 Å². The van der Waals surface area contributed by atoms with Crippen LogP contribution in [0.3, 0.4) is 0 Å². The quantitative estimate of drug-likeness (QED) is 0.947. The topological polar surface area (TPSA) is 54.5 Å². The van der Waals surface area contributed by atoms with Gasteiger partial charge in [0.15, 0.2) is 0 Å². The lowest BCUT2D eigenvalue weighted by Crippen LogP contribution is -2.34. The monoisotopic (exact) mass is 297 g/mol. The molecule has 1 atom stereocenters. The minimum atomic E-state index is -0.0887. The van der Waals surface area contributed by atoms with Crippen molar-refractivity contribution in [2.45, 2.75) is 19.4 Å². The van der Waals surface area contributed by atoms with Crippen LogP contribution in [0.25, 0.3) is 0 Å². The van der Waals surface area contributed by atoms with Gasteiger partial charge in [-0.25, -0.2) is 9.78 Å². The van der Waals surface area contributed by atoms with E-state index in [1.165, 1.54) is 0 Å². The first-order chi connectivity index (χ1) is 10.7. The number of carbonyl (C=O) groups excluding carboxylic acids is 1. The number of benzene rings is 1. The molecule has 0 bridgehead atoms. The van der Waals surface area contributed by atoms with Crippen molar-refractivity contribution in [3.63, 3.8) is 0 Å². The summed E-state index contributed by atoms with van der Waals surface area (Å²) in [6.07, 6.45) is 2.60. The van der Waals surface area contributed by atoms with Crippen LogP contribution in [0.15, 0.2) is 48.7 Å². The zero-order valence-electron chi connectivity index (χ0n) is 12.5. The summed E-state index contributed by atoms with van der Waals surface area (Å²) in [6.45, 7) is 3.26. The van der Waals surface area contributed by atoms with Crippen LogP contribution >= 0.6 is 0 Å². The van der Waals surface area contributed by atoms with Gasteiger partial charge >= 0.3 is 6.03 Å². The number of nitrogens with one attached hydrogen (secondary N) is 1. The molecular weight excluding hydrogens is 278 g/mol. The fourth-order valence-electron chi connectivity index (χ4n) is 2.43. The number of urea groups is 1. The summed E-state index contributed by atoms with van der Waals surface area (Å²) >= 11 is 0. The lowest BCUT2D eigenvalue weighted by Gasteiger charge is -2.17. The van der Waals surface area contributed by atoms with Crippen LogP contribution in [0.2, 0.25) is 0 Å². The smallest absolute Gasteiger partial charge is 0.321 e. The number of nitrogens with zero attached hydrogens (tertiary/aromatic N) is 2. The summed E-state index contributed by atoms with van der Waals surface area (Å²) in [4.78, 5) is 18.2. The Morgan fingerprint density at radius 2 is 2.09 bits per heavy atom. The zero-order chi connectivity index (χ0) is 15.4. The average Bonchev–Trinajstić information content (AvgIpc) is 2.99. The molecule has 5 nitrogen and oxygen atoms in total. The Hall–Kier alpha value is -2.56. The van der Waals surface area contributed by atoms with E-state index in [4.69, 9.17) is 4.74 Å². The third-order valence-electron chi connectivity index (χ3n) is 3.63. The first kappa shape index (κ1) is 14.4. The first-order valence-electron chi connectivity index (χ1n) is 7.41. The van der Waals surface area contributed by atoms with Crippen molar-refractivity contribution >= 4 is 11.7 Å². The molecule has 1 aromatic heterocycles. The summed E-state index contributed by atoms with van der Waals surface area (Å²) in [6, 6.07) is 13.2. The number of carbonyl (C=O) groups is 1. The highest BCUT2D eigenvalue weighted by Gasteiger charge is 2.27. The summed E-state index contributed by atoms with van der Waals surface area (Å²) in [7, 11) is 0. The van der Waals surface area contributed by atoms with Crippen LogP contribution in [-0.2, 0) is 0 Å². The number of rotatable bonds is 3. The molecule has 114 valence electrons. The number of hydrogen-bond acceptors (Lipinski definition) is 3. The Balaban J connectivity index is 1.53. The Labute approximate surface area is 129 Å². The maximum atomic E-state index is 12.2. The number of anilines is 1. The first-order valence-corrected chi connectivity index (χ1v) is 7.41. The maximum absolute atomic E-state index is 12.2. The van der Waals surface area contributed by atoms with Gasteiger partial charge in [0.2, 0.25) is 5.88 Å². The van der Waals surface area contributed by atoms with E-state index in [-0.39, 0.29) is 12.1 Å². The van der Waals surface area contributed by atoms with Gasteiger partial charge in [0.25, 0.3) is 0 Å². The molecule has 1 aliphatic rings. The molecule has 1 aromatic carbocycles. The van der Waals surface area contributed by atoms with E-state index in [0.717, 1.165) is 17.7 Å². The molecule has 1 fully saturated rings. The van der Waals surface area contributed by atoms with Gasteiger partial charge in [-0.15, -0.1) is 0 Å². The van der Waals surface area contributed by atoms with Crippen LogP contribution in [0.5, 0.6) is 5.88 Å². The van der Waals surface area contributed by atoms with E-state index in [1.807, 2.05) is 49.4 Å². The summed E-state index contributed by atoms with van der Waals surface area (Å²) in [5, 5.41) is 2.89. The van der Waals surface area contributed by atoms with Crippen LogP contribution in [0, 0.1) is 6.92 Å². The highest BCUT2D eigenvalue weighted by atomic mass is 16.5. The van der Waals surface area contributed by atoms with Crippen LogP contribution in [0.1, 0.15) is 12.0 Å².